The van der Waals surface area contributed by atoms with E-state index in [1.165, 1.54) is 18.2 Å². The SMILES string of the molecule is CCCCOC(=O)c1ccccc1S(=O)(=O)[O-].[Na+]. The fraction of sp³-hybridized carbons (Fsp3) is 0.364. The van der Waals surface area contributed by atoms with Crippen LogP contribution in [0.1, 0.15) is 30.1 Å². The van der Waals surface area contributed by atoms with E-state index in [0.29, 0.717) is 6.42 Å². The summed E-state index contributed by atoms with van der Waals surface area (Å²) in [5.41, 5.74) is -0.210. The predicted molar refractivity (Wildman–Crippen MR) is 59.6 cm³/mol. The molecule has 0 amide bonds. The van der Waals surface area contributed by atoms with Crippen LogP contribution in [0, 0.1) is 0 Å². The van der Waals surface area contributed by atoms with Crippen LogP contribution in [0.3, 0.4) is 0 Å². The molecule has 0 radical (unpaired) electrons. The number of hydrogen-bond acceptors (Lipinski definition) is 5. The number of esters is 1. The Kier molecular flexibility index (Phi) is 7.73. The van der Waals surface area contributed by atoms with Crippen molar-refractivity contribution in [1.82, 2.24) is 0 Å². The molecule has 0 aliphatic carbocycles. The number of hydrogen-bond donors (Lipinski definition) is 0. The van der Waals surface area contributed by atoms with Gasteiger partial charge in [-0.2, -0.15) is 0 Å². The zero-order valence-corrected chi connectivity index (χ0v) is 13.2. The van der Waals surface area contributed by atoms with E-state index in [-0.39, 0.29) is 41.7 Å². The fourth-order valence-electron chi connectivity index (χ4n) is 1.24. The van der Waals surface area contributed by atoms with Crippen molar-refractivity contribution in [2.24, 2.45) is 0 Å². The average molecular weight is 280 g/mol. The van der Waals surface area contributed by atoms with E-state index < -0.39 is 21.0 Å². The third kappa shape index (κ3) is 5.07. The monoisotopic (exact) mass is 280 g/mol. The largest absolute Gasteiger partial charge is 1.00 e. The van der Waals surface area contributed by atoms with Gasteiger partial charge in [-0.15, -0.1) is 0 Å². The van der Waals surface area contributed by atoms with Crippen LogP contribution in [-0.2, 0) is 14.9 Å². The molecule has 0 bridgehead atoms. The zero-order valence-electron chi connectivity index (χ0n) is 10.4. The molecular weight excluding hydrogens is 267 g/mol. The molecule has 0 aliphatic rings. The maximum Gasteiger partial charge on any atom is 1.00 e. The van der Waals surface area contributed by atoms with Gasteiger partial charge in [0.15, 0.2) is 0 Å². The van der Waals surface area contributed by atoms with Crippen molar-refractivity contribution in [2.75, 3.05) is 6.61 Å². The Morgan fingerprint density at radius 1 is 1.33 bits per heavy atom. The average Bonchev–Trinajstić information content (AvgIpc) is 2.28. The number of unbranched alkanes of at least 4 members (excludes halogenated alkanes) is 1. The summed E-state index contributed by atoms with van der Waals surface area (Å²) in [6.45, 7) is 2.15. The van der Waals surface area contributed by atoms with E-state index in [0.717, 1.165) is 12.5 Å². The molecule has 0 aliphatic heterocycles. The maximum atomic E-state index is 11.6. The van der Waals surface area contributed by atoms with Crippen molar-refractivity contribution in [3.63, 3.8) is 0 Å². The van der Waals surface area contributed by atoms with E-state index >= 15 is 0 Å². The second-order valence-electron chi connectivity index (χ2n) is 3.44. The Morgan fingerprint density at radius 3 is 2.50 bits per heavy atom. The van der Waals surface area contributed by atoms with Gasteiger partial charge >= 0.3 is 35.5 Å². The molecule has 0 atom stereocenters. The summed E-state index contributed by atoms with van der Waals surface area (Å²) in [7, 11) is -4.66. The third-order valence-corrected chi connectivity index (χ3v) is 3.00. The fourth-order valence-corrected chi connectivity index (χ4v) is 1.91. The number of ether oxygens (including phenoxy) is 1. The molecule has 1 rings (SSSR count). The van der Waals surface area contributed by atoms with Gasteiger partial charge < -0.3 is 9.29 Å². The number of carbonyl (C=O) groups is 1. The quantitative estimate of drug-likeness (QED) is 0.285. The maximum absolute atomic E-state index is 11.6. The Morgan fingerprint density at radius 2 is 1.94 bits per heavy atom. The van der Waals surface area contributed by atoms with Gasteiger partial charge in [0.2, 0.25) is 0 Å². The van der Waals surface area contributed by atoms with Crippen LogP contribution in [0.2, 0.25) is 0 Å². The van der Waals surface area contributed by atoms with E-state index in [1.807, 2.05) is 6.92 Å². The van der Waals surface area contributed by atoms with Crippen LogP contribution in [-0.4, -0.2) is 25.5 Å². The molecule has 0 saturated heterocycles. The smallest absolute Gasteiger partial charge is 0.744 e. The molecule has 0 heterocycles. The molecule has 5 nitrogen and oxygen atoms in total. The van der Waals surface area contributed by atoms with Crippen molar-refractivity contribution in [2.45, 2.75) is 24.7 Å². The first-order chi connectivity index (χ1) is 7.96. The van der Waals surface area contributed by atoms with Crippen LogP contribution in [0.15, 0.2) is 29.2 Å². The van der Waals surface area contributed by atoms with Crippen LogP contribution in [0.4, 0.5) is 0 Å². The first-order valence-electron chi connectivity index (χ1n) is 5.19. The molecule has 94 valence electrons. The first-order valence-corrected chi connectivity index (χ1v) is 6.59. The molecule has 1 aromatic rings. The van der Waals surface area contributed by atoms with Crippen molar-refractivity contribution < 1.29 is 52.1 Å². The van der Waals surface area contributed by atoms with Crippen LogP contribution in [0.5, 0.6) is 0 Å². The summed E-state index contributed by atoms with van der Waals surface area (Å²) in [5, 5.41) is 0. The van der Waals surface area contributed by atoms with Gasteiger partial charge in [0.25, 0.3) is 0 Å². The second-order valence-corrected chi connectivity index (χ2v) is 4.79. The van der Waals surface area contributed by atoms with Crippen LogP contribution >= 0.6 is 0 Å². The van der Waals surface area contributed by atoms with E-state index in [2.05, 4.69) is 0 Å². The molecule has 0 fully saturated rings. The van der Waals surface area contributed by atoms with E-state index in [1.54, 1.807) is 0 Å². The minimum absolute atomic E-state index is 0. The summed E-state index contributed by atoms with van der Waals surface area (Å²) in [4.78, 5) is 11.0. The standard InChI is InChI=1S/C11H14O5S.Na/c1-2-3-8-16-11(12)9-6-4-5-7-10(9)17(13,14)15;/h4-7H,2-3,8H2,1H3,(H,13,14,15);/q;+1/p-1. The molecule has 0 spiro atoms. The van der Waals surface area contributed by atoms with Gasteiger partial charge in [0, 0.05) is 0 Å². The summed E-state index contributed by atoms with van der Waals surface area (Å²) in [6.07, 6.45) is 1.55. The molecule has 0 saturated carbocycles. The Balaban J connectivity index is 0.00000289. The van der Waals surface area contributed by atoms with Gasteiger partial charge in [-0.3, -0.25) is 0 Å². The molecule has 18 heavy (non-hydrogen) atoms. The molecular formula is C11H13NaO5S. The number of carbonyl (C=O) groups excluding carboxylic acids is 1. The Hall–Kier alpha value is -0.400. The molecule has 7 heteroatoms. The molecule has 0 N–H and O–H groups in total. The van der Waals surface area contributed by atoms with Gasteiger partial charge in [-0.25, -0.2) is 13.2 Å². The first kappa shape index (κ1) is 17.6. The summed E-state index contributed by atoms with van der Waals surface area (Å²) in [6, 6.07) is 5.22. The van der Waals surface area contributed by atoms with Crippen molar-refractivity contribution in [3.05, 3.63) is 29.8 Å². The number of benzene rings is 1. The van der Waals surface area contributed by atoms with Crippen LogP contribution < -0.4 is 29.6 Å². The van der Waals surface area contributed by atoms with Gasteiger partial charge in [-0.1, -0.05) is 25.5 Å². The molecule has 1 aromatic carbocycles. The summed E-state index contributed by atoms with van der Waals surface area (Å²) >= 11 is 0. The third-order valence-electron chi connectivity index (χ3n) is 2.11. The van der Waals surface area contributed by atoms with Crippen LogP contribution in [0.25, 0.3) is 0 Å². The molecule has 0 unspecified atom stereocenters. The van der Waals surface area contributed by atoms with Crippen molar-refractivity contribution in [3.8, 4) is 0 Å². The van der Waals surface area contributed by atoms with Gasteiger partial charge in [0.1, 0.15) is 10.1 Å². The second kappa shape index (κ2) is 7.91. The van der Waals surface area contributed by atoms with E-state index in [9.17, 15) is 17.8 Å². The minimum Gasteiger partial charge on any atom is -0.744 e. The predicted octanol–water partition coefficient (Wildman–Crippen LogP) is -1.45. The summed E-state index contributed by atoms with van der Waals surface area (Å²) in [5.74, 6) is -0.784. The normalized spacial score (nSPS) is 10.6. The minimum atomic E-state index is -4.66. The summed E-state index contributed by atoms with van der Waals surface area (Å²) < 4.78 is 37.6. The Bertz CT molecular complexity index is 498. The van der Waals surface area contributed by atoms with Crippen molar-refractivity contribution >= 4 is 16.1 Å². The van der Waals surface area contributed by atoms with Gasteiger partial charge in [-0.05, 0) is 18.6 Å². The Labute approximate surface area is 129 Å². The van der Waals surface area contributed by atoms with Gasteiger partial charge in [0.05, 0.1) is 17.1 Å². The molecule has 0 aromatic heterocycles. The van der Waals surface area contributed by atoms with Crippen molar-refractivity contribution in [1.29, 1.82) is 0 Å². The number of rotatable bonds is 5. The van der Waals surface area contributed by atoms with E-state index in [4.69, 9.17) is 4.74 Å². The topological polar surface area (TPSA) is 83.5 Å². The zero-order chi connectivity index (χ0) is 12.9.